The Balaban J connectivity index is 1.87. The summed E-state index contributed by atoms with van der Waals surface area (Å²) in [5.74, 6) is 0.946. The second-order valence-electron chi connectivity index (χ2n) is 7.00. The van der Waals surface area contributed by atoms with Gasteiger partial charge in [-0.1, -0.05) is 42.5 Å². The molecular weight excluding hydrogens is 330 g/mol. The highest BCUT2D eigenvalue weighted by molar-refractivity contribution is 6.18. The lowest BCUT2D eigenvalue weighted by Crippen LogP contribution is -1.96. The molecule has 0 aliphatic heterocycles. The van der Waals surface area contributed by atoms with E-state index in [1.54, 1.807) is 0 Å². The second-order valence-corrected chi connectivity index (χ2v) is 7.00. The molecule has 0 fully saturated rings. The smallest absolute Gasteiger partial charge is 0.137 e. The van der Waals surface area contributed by atoms with Crippen molar-refractivity contribution in [3.05, 3.63) is 85.1 Å². The standard InChI is InChI=1S/C24H17N3/c1-26-20-10-4-2-8-16(20)18-14-19-17-9-3-5-11-21(17)27(23(19)15-22(18)26)24-12-6-7-13-25-24/h2-15H,1H3. The van der Waals surface area contributed by atoms with Gasteiger partial charge >= 0.3 is 0 Å². The summed E-state index contributed by atoms with van der Waals surface area (Å²) in [6, 6.07) is 27.9. The van der Waals surface area contributed by atoms with Gasteiger partial charge in [0.2, 0.25) is 0 Å². The molecule has 0 N–H and O–H groups in total. The molecule has 6 aromatic rings. The van der Waals surface area contributed by atoms with E-state index in [1.807, 2.05) is 18.3 Å². The summed E-state index contributed by atoms with van der Waals surface area (Å²) in [7, 11) is 2.14. The van der Waals surface area contributed by atoms with Gasteiger partial charge in [0.15, 0.2) is 0 Å². The summed E-state index contributed by atoms with van der Waals surface area (Å²) < 4.78 is 4.55. The topological polar surface area (TPSA) is 22.8 Å². The first kappa shape index (κ1) is 14.6. The molecule has 3 aromatic heterocycles. The number of benzene rings is 3. The molecule has 27 heavy (non-hydrogen) atoms. The lowest BCUT2D eigenvalue weighted by atomic mass is 10.1. The first-order chi connectivity index (χ1) is 13.3. The van der Waals surface area contributed by atoms with E-state index in [9.17, 15) is 0 Å². The lowest BCUT2D eigenvalue weighted by Gasteiger charge is -2.06. The highest BCUT2D eigenvalue weighted by Crippen LogP contribution is 2.37. The summed E-state index contributed by atoms with van der Waals surface area (Å²) in [5, 5.41) is 5.11. The molecule has 3 nitrogen and oxygen atoms in total. The van der Waals surface area contributed by atoms with Crippen LogP contribution >= 0.6 is 0 Å². The summed E-state index contributed by atoms with van der Waals surface area (Å²) in [4.78, 5) is 4.62. The van der Waals surface area contributed by atoms with Crippen molar-refractivity contribution in [1.82, 2.24) is 14.1 Å². The molecule has 128 valence electrons. The maximum Gasteiger partial charge on any atom is 0.137 e. The number of aromatic nitrogens is 3. The summed E-state index contributed by atoms with van der Waals surface area (Å²) in [6.07, 6.45) is 1.85. The number of aryl methyl sites for hydroxylation is 1. The number of pyridine rings is 1. The molecule has 0 amide bonds. The van der Waals surface area contributed by atoms with Crippen molar-refractivity contribution >= 4 is 43.6 Å². The highest BCUT2D eigenvalue weighted by Gasteiger charge is 2.16. The molecule has 0 spiro atoms. The molecule has 0 aliphatic rings. The van der Waals surface area contributed by atoms with Crippen LogP contribution in [-0.4, -0.2) is 14.1 Å². The van der Waals surface area contributed by atoms with Gasteiger partial charge in [0.05, 0.1) is 16.6 Å². The molecule has 3 heteroatoms. The van der Waals surface area contributed by atoms with Crippen molar-refractivity contribution in [3.63, 3.8) is 0 Å². The Hall–Kier alpha value is -3.59. The maximum atomic E-state index is 4.62. The molecule has 0 radical (unpaired) electrons. The average Bonchev–Trinajstić information content (AvgIpc) is 3.20. The Bertz CT molecular complexity index is 1470. The van der Waals surface area contributed by atoms with Gasteiger partial charge < -0.3 is 4.57 Å². The van der Waals surface area contributed by atoms with Gasteiger partial charge in [0, 0.05) is 40.3 Å². The highest BCUT2D eigenvalue weighted by atomic mass is 15.1. The Labute approximate surface area is 156 Å². The fraction of sp³-hybridized carbons (Fsp3) is 0.0417. The molecule has 0 atom stereocenters. The Morgan fingerprint density at radius 1 is 0.593 bits per heavy atom. The number of rotatable bonds is 1. The second kappa shape index (κ2) is 5.21. The number of hydrogen-bond donors (Lipinski definition) is 0. The van der Waals surface area contributed by atoms with Crippen molar-refractivity contribution in [2.24, 2.45) is 7.05 Å². The maximum absolute atomic E-state index is 4.62. The van der Waals surface area contributed by atoms with Crippen molar-refractivity contribution in [3.8, 4) is 5.82 Å². The Kier molecular flexibility index (Phi) is 2.81. The molecule has 3 aromatic carbocycles. The first-order valence-corrected chi connectivity index (χ1v) is 9.15. The zero-order valence-corrected chi connectivity index (χ0v) is 14.9. The third-order valence-electron chi connectivity index (χ3n) is 5.59. The van der Waals surface area contributed by atoms with Crippen molar-refractivity contribution in [2.75, 3.05) is 0 Å². The molecule has 6 rings (SSSR count). The molecule has 0 saturated heterocycles. The molecular formula is C24H17N3. The van der Waals surface area contributed by atoms with E-state index in [0.29, 0.717) is 0 Å². The zero-order valence-electron chi connectivity index (χ0n) is 14.9. The van der Waals surface area contributed by atoms with E-state index in [2.05, 4.69) is 87.9 Å². The predicted octanol–water partition coefficient (Wildman–Crippen LogP) is 5.82. The van der Waals surface area contributed by atoms with Crippen LogP contribution in [0.15, 0.2) is 85.1 Å². The van der Waals surface area contributed by atoms with E-state index >= 15 is 0 Å². The SMILES string of the molecule is Cn1c2ccccc2c2cc3c4ccccc4n(-c4ccccn4)c3cc21. The van der Waals surface area contributed by atoms with Crippen LogP contribution in [0.5, 0.6) is 0 Å². The number of para-hydroxylation sites is 2. The molecule has 3 heterocycles. The number of fused-ring (bicyclic) bond motifs is 6. The van der Waals surface area contributed by atoms with E-state index in [-0.39, 0.29) is 0 Å². The molecule has 0 unspecified atom stereocenters. The van der Waals surface area contributed by atoms with E-state index in [4.69, 9.17) is 0 Å². The number of nitrogens with zero attached hydrogens (tertiary/aromatic N) is 3. The van der Waals surface area contributed by atoms with Crippen LogP contribution in [0.4, 0.5) is 0 Å². The van der Waals surface area contributed by atoms with Gasteiger partial charge in [-0.15, -0.1) is 0 Å². The van der Waals surface area contributed by atoms with Gasteiger partial charge in [0.25, 0.3) is 0 Å². The fourth-order valence-corrected chi connectivity index (χ4v) is 4.35. The monoisotopic (exact) mass is 347 g/mol. The minimum Gasteiger partial charge on any atom is -0.344 e. The van der Waals surface area contributed by atoms with E-state index < -0.39 is 0 Å². The number of hydrogen-bond acceptors (Lipinski definition) is 1. The third kappa shape index (κ3) is 1.88. The third-order valence-corrected chi connectivity index (χ3v) is 5.59. The Morgan fingerprint density at radius 3 is 2.04 bits per heavy atom. The van der Waals surface area contributed by atoms with Crippen LogP contribution in [0.3, 0.4) is 0 Å². The van der Waals surface area contributed by atoms with Crippen LogP contribution < -0.4 is 0 Å². The van der Waals surface area contributed by atoms with Gasteiger partial charge in [-0.3, -0.25) is 4.57 Å². The summed E-state index contributed by atoms with van der Waals surface area (Å²) >= 11 is 0. The molecule has 0 saturated carbocycles. The van der Waals surface area contributed by atoms with E-state index in [1.165, 1.54) is 43.6 Å². The van der Waals surface area contributed by atoms with Crippen LogP contribution in [0, 0.1) is 0 Å². The quantitative estimate of drug-likeness (QED) is 0.367. The minimum atomic E-state index is 0.946. The lowest BCUT2D eigenvalue weighted by molar-refractivity contribution is 1.01. The fourth-order valence-electron chi connectivity index (χ4n) is 4.35. The predicted molar refractivity (Wildman–Crippen MR) is 113 cm³/mol. The van der Waals surface area contributed by atoms with Gasteiger partial charge in [-0.25, -0.2) is 4.98 Å². The van der Waals surface area contributed by atoms with Crippen LogP contribution in [0.25, 0.3) is 49.4 Å². The average molecular weight is 347 g/mol. The van der Waals surface area contributed by atoms with Crippen LogP contribution in [0.1, 0.15) is 0 Å². The largest absolute Gasteiger partial charge is 0.344 e. The Morgan fingerprint density at radius 2 is 1.26 bits per heavy atom. The van der Waals surface area contributed by atoms with Gasteiger partial charge in [-0.05, 0) is 36.4 Å². The molecule has 0 bridgehead atoms. The van der Waals surface area contributed by atoms with Crippen LogP contribution in [-0.2, 0) is 7.05 Å². The molecule has 0 aliphatic carbocycles. The van der Waals surface area contributed by atoms with Gasteiger partial charge in [0.1, 0.15) is 5.82 Å². The minimum absolute atomic E-state index is 0.946. The van der Waals surface area contributed by atoms with Crippen molar-refractivity contribution < 1.29 is 0 Å². The summed E-state index contributed by atoms with van der Waals surface area (Å²) in [5.41, 5.74) is 4.87. The van der Waals surface area contributed by atoms with Crippen molar-refractivity contribution in [2.45, 2.75) is 0 Å². The first-order valence-electron chi connectivity index (χ1n) is 9.15. The normalized spacial score (nSPS) is 11.9. The zero-order chi connectivity index (χ0) is 18.0. The van der Waals surface area contributed by atoms with Crippen LogP contribution in [0.2, 0.25) is 0 Å². The van der Waals surface area contributed by atoms with E-state index in [0.717, 1.165) is 5.82 Å². The van der Waals surface area contributed by atoms with Crippen molar-refractivity contribution in [1.29, 1.82) is 0 Å². The summed E-state index contributed by atoms with van der Waals surface area (Å²) in [6.45, 7) is 0. The van der Waals surface area contributed by atoms with Gasteiger partial charge in [-0.2, -0.15) is 0 Å².